The van der Waals surface area contributed by atoms with Crippen molar-refractivity contribution in [1.29, 1.82) is 0 Å². The molecule has 1 fully saturated rings. The highest BCUT2D eigenvalue weighted by Crippen LogP contribution is 2.21. The van der Waals surface area contributed by atoms with Crippen molar-refractivity contribution >= 4 is 11.8 Å². The summed E-state index contributed by atoms with van der Waals surface area (Å²) in [7, 11) is 0. The van der Waals surface area contributed by atoms with Gasteiger partial charge in [-0.05, 0) is 38.5 Å². The Labute approximate surface area is 128 Å². The highest BCUT2D eigenvalue weighted by Gasteiger charge is 2.35. The summed E-state index contributed by atoms with van der Waals surface area (Å²) in [5.74, 6) is 0.659. The Morgan fingerprint density at radius 1 is 1.38 bits per heavy atom. The Bertz CT molecular complexity index is 355. The lowest BCUT2D eigenvalue weighted by Crippen LogP contribution is -2.37. The molecule has 2 unspecified atom stereocenters. The minimum atomic E-state index is -0.228. The molecule has 1 saturated heterocycles. The summed E-state index contributed by atoms with van der Waals surface area (Å²) in [6, 6.07) is 0.151. The van der Waals surface area contributed by atoms with E-state index in [2.05, 4.69) is 19.2 Å². The predicted molar refractivity (Wildman–Crippen MR) is 82.6 cm³/mol. The second kappa shape index (κ2) is 8.37. The van der Waals surface area contributed by atoms with Crippen LogP contribution >= 0.6 is 0 Å². The van der Waals surface area contributed by atoms with Gasteiger partial charge in [0, 0.05) is 32.2 Å². The third-order valence-electron chi connectivity index (χ3n) is 4.06. The van der Waals surface area contributed by atoms with Crippen LogP contribution in [0.3, 0.4) is 0 Å². The van der Waals surface area contributed by atoms with Crippen LogP contribution in [0.15, 0.2) is 0 Å². The zero-order valence-electron chi connectivity index (χ0n) is 13.8. The number of nitrogens with one attached hydrogen (secondary N) is 1. The lowest BCUT2D eigenvalue weighted by molar-refractivity contribution is -0.130. The highest BCUT2D eigenvalue weighted by molar-refractivity contribution is 5.89. The molecule has 122 valence electrons. The van der Waals surface area contributed by atoms with E-state index in [-0.39, 0.29) is 30.4 Å². The molecule has 1 aliphatic rings. The summed E-state index contributed by atoms with van der Waals surface area (Å²) in [5, 5.41) is 12.1. The number of rotatable bonds is 8. The number of carbonyl (C=O) groups excluding carboxylic acids is 2. The monoisotopic (exact) mass is 298 g/mol. The van der Waals surface area contributed by atoms with Gasteiger partial charge in [-0.25, -0.2) is 0 Å². The molecule has 5 nitrogen and oxygen atoms in total. The lowest BCUT2D eigenvalue weighted by Gasteiger charge is -2.22. The Kier molecular flexibility index (Phi) is 7.15. The summed E-state index contributed by atoms with van der Waals surface area (Å²) < 4.78 is 0. The first-order valence-electron chi connectivity index (χ1n) is 8.03. The second-order valence-electron chi connectivity index (χ2n) is 6.79. The molecule has 0 bridgehead atoms. The first kappa shape index (κ1) is 18.0. The van der Waals surface area contributed by atoms with Crippen molar-refractivity contribution < 1.29 is 14.7 Å². The van der Waals surface area contributed by atoms with Crippen LogP contribution in [0.25, 0.3) is 0 Å². The molecule has 5 heteroatoms. The number of amides is 2. The van der Waals surface area contributed by atoms with Gasteiger partial charge in [-0.2, -0.15) is 0 Å². The molecule has 21 heavy (non-hydrogen) atoms. The third kappa shape index (κ3) is 5.65. The summed E-state index contributed by atoms with van der Waals surface area (Å²) >= 11 is 0. The van der Waals surface area contributed by atoms with E-state index in [0.717, 1.165) is 6.42 Å². The zero-order chi connectivity index (χ0) is 16.0. The maximum atomic E-state index is 12.2. The molecule has 0 aliphatic carbocycles. The number of aliphatic hydroxyl groups is 1. The average Bonchev–Trinajstić information content (AvgIpc) is 2.77. The van der Waals surface area contributed by atoms with Crippen LogP contribution in [0.2, 0.25) is 0 Å². The van der Waals surface area contributed by atoms with Gasteiger partial charge in [-0.1, -0.05) is 13.8 Å². The molecule has 0 aromatic carbocycles. The van der Waals surface area contributed by atoms with Crippen LogP contribution in [0, 0.1) is 17.8 Å². The van der Waals surface area contributed by atoms with E-state index in [1.54, 1.807) is 4.90 Å². The molecule has 0 radical (unpaired) electrons. The number of nitrogens with zero attached hydrogens (tertiary/aromatic N) is 1. The van der Waals surface area contributed by atoms with Crippen molar-refractivity contribution in [3.8, 4) is 0 Å². The molecule has 0 aromatic rings. The van der Waals surface area contributed by atoms with Crippen molar-refractivity contribution in [1.82, 2.24) is 10.2 Å². The van der Waals surface area contributed by atoms with Crippen molar-refractivity contribution in [2.24, 2.45) is 17.8 Å². The largest absolute Gasteiger partial charge is 0.396 e. The smallest absolute Gasteiger partial charge is 0.225 e. The average molecular weight is 298 g/mol. The minimum Gasteiger partial charge on any atom is -0.396 e. The van der Waals surface area contributed by atoms with E-state index in [0.29, 0.717) is 37.8 Å². The summed E-state index contributed by atoms with van der Waals surface area (Å²) in [4.78, 5) is 25.8. The van der Waals surface area contributed by atoms with Crippen molar-refractivity contribution in [3.05, 3.63) is 0 Å². The van der Waals surface area contributed by atoms with Gasteiger partial charge in [0.2, 0.25) is 11.8 Å². The van der Waals surface area contributed by atoms with Crippen LogP contribution in [0.1, 0.15) is 47.0 Å². The third-order valence-corrected chi connectivity index (χ3v) is 4.06. The Morgan fingerprint density at radius 2 is 2.05 bits per heavy atom. The van der Waals surface area contributed by atoms with Gasteiger partial charge in [0.1, 0.15) is 0 Å². The predicted octanol–water partition coefficient (Wildman–Crippen LogP) is 1.40. The second-order valence-corrected chi connectivity index (χ2v) is 6.79. The quantitative estimate of drug-likeness (QED) is 0.712. The first-order chi connectivity index (χ1) is 9.85. The fraction of sp³-hybridized carbons (Fsp3) is 0.875. The SMILES string of the molecule is CC(C)CC(CCO)CNC(=O)C1CC(=O)N(C(C)C)C1. The van der Waals surface area contributed by atoms with Crippen LogP contribution < -0.4 is 5.32 Å². The lowest BCUT2D eigenvalue weighted by atomic mass is 9.94. The van der Waals surface area contributed by atoms with Gasteiger partial charge in [0.15, 0.2) is 0 Å². The molecule has 2 atom stereocenters. The van der Waals surface area contributed by atoms with Crippen molar-refractivity contribution in [2.75, 3.05) is 19.7 Å². The molecular formula is C16H30N2O3. The normalized spacial score (nSPS) is 20.4. The van der Waals surface area contributed by atoms with Gasteiger partial charge in [-0.15, -0.1) is 0 Å². The van der Waals surface area contributed by atoms with Gasteiger partial charge < -0.3 is 15.3 Å². The van der Waals surface area contributed by atoms with Crippen LogP contribution in [-0.4, -0.2) is 47.6 Å². The molecule has 2 amide bonds. The maximum Gasteiger partial charge on any atom is 0.225 e. The molecule has 0 spiro atoms. The van der Waals surface area contributed by atoms with Crippen LogP contribution in [-0.2, 0) is 9.59 Å². The van der Waals surface area contributed by atoms with Gasteiger partial charge in [-0.3, -0.25) is 9.59 Å². The van der Waals surface area contributed by atoms with E-state index in [4.69, 9.17) is 5.11 Å². The number of hydrogen-bond acceptors (Lipinski definition) is 3. The van der Waals surface area contributed by atoms with E-state index in [1.165, 1.54) is 0 Å². The van der Waals surface area contributed by atoms with E-state index < -0.39 is 0 Å². The Hall–Kier alpha value is -1.10. The molecular weight excluding hydrogens is 268 g/mol. The first-order valence-corrected chi connectivity index (χ1v) is 8.03. The van der Waals surface area contributed by atoms with Crippen LogP contribution in [0.5, 0.6) is 0 Å². The van der Waals surface area contributed by atoms with Gasteiger partial charge in [0.25, 0.3) is 0 Å². The number of aliphatic hydroxyl groups excluding tert-OH is 1. The molecule has 2 N–H and O–H groups in total. The molecule has 0 saturated carbocycles. The molecule has 1 aliphatic heterocycles. The van der Waals surface area contributed by atoms with Gasteiger partial charge in [0.05, 0.1) is 5.92 Å². The standard InChI is InChI=1S/C16H30N2O3/c1-11(2)7-13(5-6-19)9-17-16(21)14-8-15(20)18(10-14)12(3)4/h11-14,19H,5-10H2,1-4H3,(H,17,21). The van der Waals surface area contributed by atoms with E-state index >= 15 is 0 Å². The summed E-state index contributed by atoms with van der Waals surface area (Å²) in [5.41, 5.74) is 0. The fourth-order valence-electron chi connectivity index (χ4n) is 2.95. The number of likely N-dealkylation sites (tertiary alicyclic amines) is 1. The molecule has 0 aromatic heterocycles. The molecule has 1 heterocycles. The number of carbonyl (C=O) groups is 2. The van der Waals surface area contributed by atoms with Crippen molar-refractivity contribution in [2.45, 2.75) is 53.0 Å². The zero-order valence-corrected chi connectivity index (χ0v) is 13.8. The summed E-state index contributed by atoms with van der Waals surface area (Å²) in [6.07, 6.45) is 2.02. The fourth-order valence-corrected chi connectivity index (χ4v) is 2.95. The summed E-state index contributed by atoms with van der Waals surface area (Å²) in [6.45, 7) is 9.48. The van der Waals surface area contributed by atoms with Gasteiger partial charge >= 0.3 is 0 Å². The van der Waals surface area contributed by atoms with Crippen LogP contribution in [0.4, 0.5) is 0 Å². The molecule has 1 rings (SSSR count). The van der Waals surface area contributed by atoms with E-state index in [1.807, 2.05) is 13.8 Å². The Balaban J connectivity index is 2.44. The van der Waals surface area contributed by atoms with E-state index in [9.17, 15) is 9.59 Å². The topological polar surface area (TPSA) is 69.6 Å². The maximum absolute atomic E-state index is 12.2. The number of hydrogen-bond donors (Lipinski definition) is 2. The van der Waals surface area contributed by atoms with Crippen molar-refractivity contribution in [3.63, 3.8) is 0 Å². The minimum absolute atomic E-state index is 0.0294. The Morgan fingerprint density at radius 3 is 2.52 bits per heavy atom. The highest BCUT2D eigenvalue weighted by atomic mass is 16.3.